The molecule has 2 N–H and O–H groups in total. The predicted octanol–water partition coefficient (Wildman–Crippen LogP) is 0.944. The Morgan fingerprint density at radius 3 is 2.47 bits per heavy atom. The highest BCUT2D eigenvalue weighted by molar-refractivity contribution is 5.76. The van der Waals surface area contributed by atoms with Crippen LogP contribution >= 0.6 is 0 Å². The van der Waals surface area contributed by atoms with Crippen molar-refractivity contribution in [1.29, 1.82) is 0 Å². The molecule has 0 aliphatic heterocycles. The van der Waals surface area contributed by atoms with Crippen LogP contribution in [0.3, 0.4) is 0 Å². The molecule has 2 saturated carbocycles. The van der Waals surface area contributed by atoms with Gasteiger partial charge in [0.15, 0.2) is 0 Å². The fourth-order valence-corrected chi connectivity index (χ4v) is 3.10. The van der Waals surface area contributed by atoms with Crippen LogP contribution in [0.2, 0.25) is 0 Å². The molecule has 17 heavy (non-hydrogen) atoms. The number of carboxylic acids is 1. The van der Waals surface area contributed by atoms with E-state index in [-0.39, 0.29) is 36.9 Å². The van der Waals surface area contributed by atoms with E-state index in [0.717, 1.165) is 25.7 Å². The van der Waals surface area contributed by atoms with E-state index in [4.69, 9.17) is 9.84 Å². The van der Waals surface area contributed by atoms with Crippen LogP contribution in [-0.2, 0) is 14.3 Å². The van der Waals surface area contributed by atoms with E-state index in [9.17, 15) is 14.7 Å². The number of aliphatic hydroxyl groups excluding tert-OH is 1. The second-order valence-electron chi connectivity index (χ2n) is 4.97. The van der Waals surface area contributed by atoms with Gasteiger partial charge in [-0.3, -0.25) is 9.59 Å². The minimum atomic E-state index is -0.984. The number of carboxylic acid groups (broad SMARTS) is 1. The van der Waals surface area contributed by atoms with E-state index < -0.39 is 11.9 Å². The van der Waals surface area contributed by atoms with Gasteiger partial charge in [-0.2, -0.15) is 0 Å². The number of carbonyl (C=O) groups is 2. The maximum absolute atomic E-state index is 11.4. The molecule has 0 saturated heterocycles. The standard InChI is InChI=1S/C12H18O5/c13-9-3-1-8-7(9)2-4-10(8)17-12(16)6-5-11(14)15/h7-10,13H,1-6H2,(H,14,15)/t7-,8-,9-,10-/m0/s1. The summed E-state index contributed by atoms with van der Waals surface area (Å²) in [6, 6.07) is 0. The molecule has 0 heterocycles. The monoisotopic (exact) mass is 242 g/mol. The average molecular weight is 242 g/mol. The number of aliphatic hydroxyl groups is 1. The maximum Gasteiger partial charge on any atom is 0.306 e. The lowest BCUT2D eigenvalue weighted by molar-refractivity contribution is -0.153. The highest BCUT2D eigenvalue weighted by Crippen LogP contribution is 2.45. The topological polar surface area (TPSA) is 83.8 Å². The summed E-state index contributed by atoms with van der Waals surface area (Å²) in [6.07, 6.45) is 2.80. The second kappa shape index (κ2) is 5.04. The van der Waals surface area contributed by atoms with Crippen molar-refractivity contribution in [2.24, 2.45) is 11.8 Å². The minimum absolute atomic E-state index is 0.0637. The Balaban J connectivity index is 1.80. The molecule has 96 valence electrons. The first-order valence-electron chi connectivity index (χ1n) is 6.17. The van der Waals surface area contributed by atoms with Crippen LogP contribution in [0, 0.1) is 11.8 Å². The van der Waals surface area contributed by atoms with E-state index in [0.29, 0.717) is 0 Å². The van der Waals surface area contributed by atoms with Gasteiger partial charge in [0.1, 0.15) is 6.10 Å². The van der Waals surface area contributed by atoms with E-state index in [1.54, 1.807) is 0 Å². The van der Waals surface area contributed by atoms with Gasteiger partial charge < -0.3 is 14.9 Å². The zero-order valence-electron chi connectivity index (χ0n) is 9.67. The summed E-state index contributed by atoms with van der Waals surface area (Å²) in [7, 11) is 0. The van der Waals surface area contributed by atoms with Gasteiger partial charge in [-0.15, -0.1) is 0 Å². The normalized spacial score (nSPS) is 35.6. The number of fused-ring (bicyclic) bond motifs is 1. The molecule has 0 amide bonds. The molecule has 0 aromatic heterocycles. The summed E-state index contributed by atoms with van der Waals surface area (Å²) in [5.41, 5.74) is 0. The fourth-order valence-electron chi connectivity index (χ4n) is 3.10. The zero-order chi connectivity index (χ0) is 12.4. The fraction of sp³-hybridized carbons (Fsp3) is 0.833. The van der Waals surface area contributed by atoms with Crippen LogP contribution in [0.5, 0.6) is 0 Å². The molecule has 0 aromatic carbocycles. The van der Waals surface area contributed by atoms with E-state index in [1.165, 1.54) is 0 Å². The van der Waals surface area contributed by atoms with Crippen LogP contribution in [0.25, 0.3) is 0 Å². The summed E-state index contributed by atoms with van der Waals surface area (Å²) in [4.78, 5) is 21.8. The third-order valence-electron chi connectivity index (χ3n) is 3.93. The van der Waals surface area contributed by atoms with Crippen LogP contribution in [0.15, 0.2) is 0 Å². The van der Waals surface area contributed by atoms with Crippen molar-refractivity contribution < 1.29 is 24.5 Å². The number of hydrogen-bond acceptors (Lipinski definition) is 4. The van der Waals surface area contributed by atoms with Gasteiger partial charge in [0, 0.05) is 5.92 Å². The van der Waals surface area contributed by atoms with Crippen molar-refractivity contribution in [2.45, 2.75) is 50.7 Å². The average Bonchev–Trinajstić information content (AvgIpc) is 2.81. The molecule has 0 radical (unpaired) electrons. The molecule has 5 nitrogen and oxygen atoms in total. The second-order valence-corrected chi connectivity index (χ2v) is 4.97. The highest BCUT2D eigenvalue weighted by Gasteiger charge is 2.45. The summed E-state index contributed by atoms with van der Waals surface area (Å²) < 4.78 is 5.31. The smallest absolute Gasteiger partial charge is 0.306 e. The van der Waals surface area contributed by atoms with Gasteiger partial charge in [0.05, 0.1) is 18.9 Å². The molecule has 5 heteroatoms. The Hall–Kier alpha value is -1.10. The molecule has 2 rings (SSSR count). The van der Waals surface area contributed by atoms with E-state index in [2.05, 4.69) is 0 Å². The van der Waals surface area contributed by atoms with Gasteiger partial charge >= 0.3 is 11.9 Å². The third kappa shape index (κ3) is 2.77. The Morgan fingerprint density at radius 2 is 1.76 bits per heavy atom. The van der Waals surface area contributed by atoms with Crippen molar-refractivity contribution >= 4 is 11.9 Å². The Kier molecular flexibility index (Phi) is 3.66. The molecule has 0 bridgehead atoms. The molecule has 4 atom stereocenters. The largest absolute Gasteiger partial charge is 0.481 e. The van der Waals surface area contributed by atoms with Crippen LogP contribution in [0.4, 0.5) is 0 Å². The molecule has 2 aliphatic rings. The number of rotatable bonds is 4. The minimum Gasteiger partial charge on any atom is -0.481 e. The predicted molar refractivity (Wildman–Crippen MR) is 58.2 cm³/mol. The number of hydrogen-bond donors (Lipinski definition) is 2. The Bertz CT molecular complexity index is 314. The molecule has 0 unspecified atom stereocenters. The third-order valence-corrected chi connectivity index (χ3v) is 3.93. The number of esters is 1. The lowest BCUT2D eigenvalue weighted by Gasteiger charge is -2.19. The summed E-state index contributed by atoms with van der Waals surface area (Å²) in [6.45, 7) is 0. The first-order chi connectivity index (χ1) is 8.08. The van der Waals surface area contributed by atoms with Crippen molar-refractivity contribution in [3.05, 3.63) is 0 Å². The van der Waals surface area contributed by atoms with Crippen molar-refractivity contribution in [3.63, 3.8) is 0 Å². The van der Waals surface area contributed by atoms with Gasteiger partial charge in [-0.25, -0.2) is 0 Å². The van der Waals surface area contributed by atoms with Gasteiger partial charge in [0.2, 0.25) is 0 Å². The molecular formula is C12H18O5. The first kappa shape index (κ1) is 12.4. The summed E-state index contributed by atoms with van der Waals surface area (Å²) >= 11 is 0. The molecule has 2 fully saturated rings. The van der Waals surface area contributed by atoms with E-state index in [1.807, 2.05) is 0 Å². The van der Waals surface area contributed by atoms with Crippen molar-refractivity contribution in [1.82, 2.24) is 0 Å². The molecule has 2 aliphatic carbocycles. The SMILES string of the molecule is O=C(O)CCC(=O)O[C@H]1CC[C@H]2[C@@H]1CC[C@@H]2O. The zero-order valence-corrected chi connectivity index (χ0v) is 9.67. The first-order valence-corrected chi connectivity index (χ1v) is 6.17. The van der Waals surface area contributed by atoms with Crippen LogP contribution in [0.1, 0.15) is 38.5 Å². The Labute approximate surface area is 99.8 Å². The maximum atomic E-state index is 11.4. The number of aliphatic carboxylic acids is 1. The van der Waals surface area contributed by atoms with Gasteiger partial charge in [-0.1, -0.05) is 0 Å². The van der Waals surface area contributed by atoms with Crippen LogP contribution < -0.4 is 0 Å². The van der Waals surface area contributed by atoms with Crippen molar-refractivity contribution in [3.8, 4) is 0 Å². The van der Waals surface area contributed by atoms with Gasteiger partial charge in [-0.05, 0) is 31.6 Å². The number of ether oxygens (including phenoxy) is 1. The number of carbonyl (C=O) groups excluding carboxylic acids is 1. The summed E-state index contributed by atoms with van der Waals surface area (Å²) in [5, 5.41) is 18.2. The highest BCUT2D eigenvalue weighted by atomic mass is 16.5. The van der Waals surface area contributed by atoms with E-state index >= 15 is 0 Å². The van der Waals surface area contributed by atoms with Crippen LogP contribution in [-0.4, -0.2) is 34.4 Å². The molecule has 0 aromatic rings. The quantitative estimate of drug-likeness (QED) is 0.717. The summed E-state index contributed by atoms with van der Waals surface area (Å²) in [5.74, 6) is -0.868. The lowest BCUT2D eigenvalue weighted by atomic mass is 9.98. The lowest BCUT2D eigenvalue weighted by Crippen LogP contribution is -2.24. The molecular weight excluding hydrogens is 224 g/mol. The molecule has 0 spiro atoms. The van der Waals surface area contributed by atoms with Crippen molar-refractivity contribution in [2.75, 3.05) is 0 Å². The van der Waals surface area contributed by atoms with Gasteiger partial charge in [0.25, 0.3) is 0 Å². The Morgan fingerprint density at radius 1 is 1.06 bits per heavy atom.